The van der Waals surface area contributed by atoms with Crippen LogP contribution in [0.1, 0.15) is 32.8 Å². The van der Waals surface area contributed by atoms with E-state index in [9.17, 15) is 12.8 Å². The summed E-state index contributed by atoms with van der Waals surface area (Å²) >= 11 is 0. The van der Waals surface area contributed by atoms with Crippen molar-refractivity contribution in [1.29, 1.82) is 0 Å². The van der Waals surface area contributed by atoms with Crippen LogP contribution in [0.25, 0.3) is 0 Å². The number of aliphatic hydroxyl groups excluding tert-OH is 1. The van der Waals surface area contributed by atoms with Gasteiger partial charge in [0.05, 0.1) is 11.5 Å². The van der Waals surface area contributed by atoms with Gasteiger partial charge in [0, 0.05) is 18.0 Å². The van der Waals surface area contributed by atoms with E-state index in [2.05, 4.69) is 16.6 Å². The largest absolute Gasteiger partial charge is 0.395 e. The predicted molar refractivity (Wildman–Crippen MR) is 79.6 cm³/mol. The average Bonchev–Trinajstić information content (AvgIpc) is 2.38. The first kappa shape index (κ1) is 17.6. The average molecular weight is 313 g/mol. The number of nitrogens with one attached hydrogen (secondary N) is 1. The monoisotopic (exact) mass is 313 g/mol. The van der Waals surface area contributed by atoms with E-state index in [1.807, 2.05) is 13.8 Å². The summed E-state index contributed by atoms with van der Waals surface area (Å²) in [4.78, 5) is -0.0539. The van der Waals surface area contributed by atoms with Gasteiger partial charge in [0.1, 0.15) is 5.82 Å². The van der Waals surface area contributed by atoms with Crippen LogP contribution in [-0.2, 0) is 10.0 Å². The highest BCUT2D eigenvalue weighted by Gasteiger charge is 2.22. The van der Waals surface area contributed by atoms with Crippen molar-refractivity contribution in [3.63, 3.8) is 0 Å². The SMILES string of the molecule is CC(C)C(C)NS(=O)(=O)c1ccc(F)cc1C#CCCO. The first-order valence-electron chi connectivity index (χ1n) is 6.69. The molecular formula is C15H20FNO3S. The van der Waals surface area contributed by atoms with Gasteiger partial charge < -0.3 is 5.11 Å². The van der Waals surface area contributed by atoms with Crippen LogP contribution >= 0.6 is 0 Å². The van der Waals surface area contributed by atoms with Gasteiger partial charge in [0.25, 0.3) is 0 Å². The van der Waals surface area contributed by atoms with Crippen LogP contribution in [0.2, 0.25) is 0 Å². The number of hydrogen-bond acceptors (Lipinski definition) is 3. The molecule has 1 unspecified atom stereocenters. The lowest BCUT2D eigenvalue weighted by molar-refractivity contribution is 0.305. The predicted octanol–water partition coefficient (Wildman–Crippen LogP) is 1.88. The summed E-state index contributed by atoms with van der Waals surface area (Å²) in [6.07, 6.45) is 0.200. The zero-order valence-corrected chi connectivity index (χ0v) is 13.2. The van der Waals surface area contributed by atoms with E-state index in [4.69, 9.17) is 5.11 Å². The van der Waals surface area contributed by atoms with E-state index in [0.717, 1.165) is 12.1 Å². The Kier molecular flexibility index (Phi) is 6.34. The minimum absolute atomic E-state index is 0.0539. The highest BCUT2D eigenvalue weighted by atomic mass is 32.2. The smallest absolute Gasteiger partial charge is 0.242 e. The maximum atomic E-state index is 13.3. The van der Waals surface area contributed by atoms with Gasteiger partial charge in [-0.1, -0.05) is 25.7 Å². The van der Waals surface area contributed by atoms with E-state index in [1.54, 1.807) is 6.92 Å². The third kappa shape index (κ3) is 5.12. The first-order chi connectivity index (χ1) is 9.77. The molecule has 0 bridgehead atoms. The zero-order chi connectivity index (χ0) is 16.0. The summed E-state index contributed by atoms with van der Waals surface area (Å²) in [5.41, 5.74) is 0.0897. The Hall–Kier alpha value is -1.42. The van der Waals surface area contributed by atoms with Gasteiger partial charge in [-0.15, -0.1) is 0 Å². The van der Waals surface area contributed by atoms with E-state index in [0.29, 0.717) is 0 Å². The van der Waals surface area contributed by atoms with Gasteiger partial charge in [0.2, 0.25) is 10.0 Å². The molecule has 0 saturated heterocycles. The van der Waals surface area contributed by atoms with Crippen molar-refractivity contribution in [3.8, 4) is 11.8 Å². The van der Waals surface area contributed by atoms with Crippen LogP contribution < -0.4 is 4.72 Å². The van der Waals surface area contributed by atoms with Crippen LogP contribution in [0.5, 0.6) is 0 Å². The molecule has 1 aromatic rings. The molecule has 0 aliphatic carbocycles. The maximum absolute atomic E-state index is 13.3. The number of aliphatic hydroxyl groups is 1. The van der Waals surface area contributed by atoms with Gasteiger partial charge >= 0.3 is 0 Å². The van der Waals surface area contributed by atoms with Gasteiger partial charge in [-0.25, -0.2) is 17.5 Å². The lowest BCUT2D eigenvalue weighted by Crippen LogP contribution is -2.36. The fraction of sp³-hybridized carbons (Fsp3) is 0.467. The summed E-state index contributed by atoms with van der Waals surface area (Å²) in [6.45, 7) is 5.44. The molecule has 21 heavy (non-hydrogen) atoms. The van der Waals surface area contributed by atoms with Gasteiger partial charge in [-0.3, -0.25) is 0 Å². The first-order valence-corrected chi connectivity index (χ1v) is 8.18. The molecule has 0 amide bonds. The van der Waals surface area contributed by atoms with Crippen LogP contribution in [0.15, 0.2) is 23.1 Å². The molecule has 0 aliphatic heterocycles. The zero-order valence-electron chi connectivity index (χ0n) is 12.4. The number of benzene rings is 1. The molecule has 116 valence electrons. The Labute approximate surface area is 125 Å². The number of sulfonamides is 1. The van der Waals surface area contributed by atoms with E-state index < -0.39 is 15.8 Å². The maximum Gasteiger partial charge on any atom is 0.242 e. The Bertz CT molecular complexity index is 645. The summed E-state index contributed by atoms with van der Waals surface area (Å²) in [5, 5.41) is 8.70. The van der Waals surface area contributed by atoms with Crippen molar-refractivity contribution in [1.82, 2.24) is 4.72 Å². The summed E-state index contributed by atoms with van der Waals surface area (Å²) in [6, 6.07) is 3.12. The Morgan fingerprint density at radius 2 is 2.00 bits per heavy atom. The normalized spacial score (nSPS) is 12.9. The lowest BCUT2D eigenvalue weighted by atomic mass is 10.1. The molecule has 6 heteroatoms. The second-order valence-electron chi connectivity index (χ2n) is 5.07. The molecular weight excluding hydrogens is 293 g/mol. The number of halogens is 1. The topological polar surface area (TPSA) is 66.4 Å². The van der Waals surface area contributed by atoms with Crippen molar-refractivity contribution in [3.05, 3.63) is 29.6 Å². The molecule has 0 spiro atoms. The third-order valence-electron chi connectivity index (χ3n) is 3.03. The molecule has 0 heterocycles. The summed E-state index contributed by atoms with van der Waals surface area (Å²) in [5.74, 6) is 4.78. The second-order valence-corrected chi connectivity index (χ2v) is 6.75. The lowest BCUT2D eigenvalue weighted by Gasteiger charge is -2.18. The number of rotatable bonds is 5. The molecule has 1 rings (SSSR count). The fourth-order valence-electron chi connectivity index (χ4n) is 1.49. The summed E-state index contributed by atoms with van der Waals surface area (Å²) in [7, 11) is -3.77. The van der Waals surface area contributed by atoms with E-state index in [1.165, 1.54) is 6.07 Å². The molecule has 0 saturated carbocycles. The van der Waals surface area contributed by atoms with Crippen LogP contribution in [0.3, 0.4) is 0 Å². The van der Waals surface area contributed by atoms with Crippen molar-refractivity contribution in [2.45, 2.75) is 38.1 Å². The highest BCUT2D eigenvalue weighted by molar-refractivity contribution is 7.89. The van der Waals surface area contributed by atoms with Crippen molar-refractivity contribution in [2.75, 3.05) is 6.61 Å². The Balaban J connectivity index is 3.20. The minimum atomic E-state index is -3.77. The second kappa shape index (κ2) is 7.55. The van der Waals surface area contributed by atoms with Gasteiger partial charge in [-0.2, -0.15) is 0 Å². The Morgan fingerprint density at radius 1 is 1.33 bits per heavy atom. The van der Waals surface area contributed by atoms with Crippen LogP contribution in [-0.4, -0.2) is 26.2 Å². The molecule has 0 radical (unpaired) electrons. The number of hydrogen-bond donors (Lipinski definition) is 2. The molecule has 0 aromatic heterocycles. The van der Waals surface area contributed by atoms with Gasteiger partial charge in [-0.05, 0) is 31.0 Å². The third-order valence-corrected chi connectivity index (χ3v) is 4.65. The molecule has 0 fully saturated rings. The van der Waals surface area contributed by atoms with E-state index in [-0.39, 0.29) is 35.4 Å². The summed E-state index contributed by atoms with van der Waals surface area (Å²) < 4.78 is 40.6. The Morgan fingerprint density at radius 3 is 2.57 bits per heavy atom. The molecule has 4 nitrogen and oxygen atoms in total. The minimum Gasteiger partial charge on any atom is -0.395 e. The molecule has 2 N–H and O–H groups in total. The quantitative estimate of drug-likeness (QED) is 0.816. The highest BCUT2D eigenvalue weighted by Crippen LogP contribution is 2.17. The van der Waals surface area contributed by atoms with Crippen LogP contribution in [0, 0.1) is 23.6 Å². The molecule has 0 aliphatic rings. The van der Waals surface area contributed by atoms with Gasteiger partial charge in [0.15, 0.2) is 0 Å². The van der Waals surface area contributed by atoms with Crippen molar-refractivity contribution >= 4 is 10.0 Å². The molecule has 1 atom stereocenters. The van der Waals surface area contributed by atoms with Crippen LogP contribution in [0.4, 0.5) is 4.39 Å². The van der Waals surface area contributed by atoms with Crippen molar-refractivity contribution < 1.29 is 17.9 Å². The van der Waals surface area contributed by atoms with E-state index >= 15 is 0 Å². The fourth-order valence-corrected chi connectivity index (χ4v) is 3.03. The van der Waals surface area contributed by atoms with Crippen molar-refractivity contribution in [2.24, 2.45) is 5.92 Å². The molecule has 1 aromatic carbocycles. The standard InChI is InChI=1S/C15H20FNO3S/c1-11(2)12(3)17-21(19,20)15-8-7-14(16)10-13(15)6-4-5-9-18/h7-8,10-12,17-18H,5,9H2,1-3H3.